The second kappa shape index (κ2) is 7.11. The number of benzene rings is 3. The van der Waals surface area contributed by atoms with Crippen LogP contribution in [-0.4, -0.2) is 0 Å². The third-order valence-corrected chi connectivity index (χ3v) is 4.79. The second-order valence-electron chi connectivity index (χ2n) is 6.41. The first kappa shape index (κ1) is 18.2. The van der Waals surface area contributed by atoms with Crippen molar-refractivity contribution < 1.29 is 22.0 Å². The highest BCUT2D eigenvalue weighted by atomic mass is 19.2. The molecule has 0 saturated carbocycles. The van der Waals surface area contributed by atoms with Crippen molar-refractivity contribution in [3.63, 3.8) is 0 Å². The Hall–Kier alpha value is -3.15. The SMILES string of the molecule is Fc1c(F)c(F)c(N2C(c3ccccc3)=CCC2c2ccccc2)c(F)c1F. The highest BCUT2D eigenvalue weighted by molar-refractivity contribution is 5.83. The molecule has 0 amide bonds. The van der Waals surface area contributed by atoms with Crippen molar-refractivity contribution in [3.8, 4) is 0 Å². The Bertz CT molecular complexity index is 1020. The molecule has 142 valence electrons. The molecule has 0 saturated heterocycles. The molecule has 6 heteroatoms. The summed E-state index contributed by atoms with van der Waals surface area (Å²) in [6.45, 7) is 0. The van der Waals surface area contributed by atoms with Crippen LogP contribution in [0.1, 0.15) is 23.6 Å². The standard InChI is InChI=1S/C22H14F5N/c23-17-18(24)20(26)22(21(27)19(17)25)28-15(13-7-3-1-4-8-13)11-12-16(28)14-9-5-2-6-10-14/h1-11,16H,12H2. The van der Waals surface area contributed by atoms with Crippen LogP contribution in [0, 0.1) is 29.1 Å². The molecule has 0 fully saturated rings. The van der Waals surface area contributed by atoms with Gasteiger partial charge in [0.25, 0.3) is 0 Å². The molecule has 0 radical (unpaired) electrons. The predicted octanol–water partition coefficient (Wildman–Crippen LogP) is 6.37. The summed E-state index contributed by atoms with van der Waals surface area (Å²) in [6, 6.07) is 16.9. The Morgan fingerprint density at radius 2 is 1.14 bits per heavy atom. The maximum atomic E-state index is 14.6. The van der Waals surface area contributed by atoms with Crippen LogP contribution >= 0.6 is 0 Å². The molecular formula is C22H14F5N. The minimum atomic E-state index is -2.17. The molecule has 1 aliphatic rings. The fraction of sp³-hybridized carbons (Fsp3) is 0.0909. The molecule has 1 aliphatic heterocycles. The van der Waals surface area contributed by atoms with Gasteiger partial charge in [-0.2, -0.15) is 0 Å². The van der Waals surface area contributed by atoms with Crippen LogP contribution < -0.4 is 4.90 Å². The topological polar surface area (TPSA) is 3.24 Å². The Labute approximate surface area is 158 Å². The fourth-order valence-corrected chi connectivity index (χ4v) is 3.50. The first-order valence-electron chi connectivity index (χ1n) is 8.62. The van der Waals surface area contributed by atoms with Crippen molar-refractivity contribution in [1.29, 1.82) is 0 Å². The van der Waals surface area contributed by atoms with Crippen LogP contribution in [0.4, 0.5) is 27.6 Å². The van der Waals surface area contributed by atoms with Gasteiger partial charge in [-0.3, -0.25) is 0 Å². The summed E-state index contributed by atoms with van der Waals surface area (Å²) in [5, 5.41) is 0. The molecule has 3 aromatic rings. The van der Waals surface area contributed by atoms with Gasteiger partial charge in [0.1, 0.15) is 5.69 Å². The van der Waals surface area contributed by atoms with E-state index in [-0.39, 0.29) is 0 Å². The van der Waals surface area contributed by atoms with Crippen molar-refractivity contribution in [2.24, 2.45) is 0 Å². The Morgan fingerprint density at radius 3 is 1.71 bits per heavy atom. The van der Waals surface area contributed by atoms with Gasteiger partial charge in [0, 0.05) is 5.70 Å². The third-order valence-electron chi connectivity index (χ3n) is 4.79. The van der Waals surface area contributed by atoms with Crippen LogP contribution in [0.3, 0.4) is 0 Å². The summed E-state index contributed by atoms with van der Waals surface area (Å²) in [6.07, 6.45) is 2.10. The highest BCUT2D eigenvalue weighted by Gasteiger charge is 2.37. The average molecular weight is 387 g/mol. The van der Waals surface area contributed by atoms with E-state index in [0.29, 0.717) is 23.2 Å². The predicted molar refractivity (Wildman–Crippen MR) is 96.9 cm³/mol. The van der Waals surface area contributed by atoms with E-state index in [2.05, 4.69) is 0 Å². The quantitative estimate of drug-likeness (QED) is 0.287. The molecular weight excluding hydrogens is 373 g/mol. The van der Waals surface area contributed by atoms with Gasteiger partial charge in [0.05, 0.1) is 6.04 Å². The van der Waals surface area contributed by atoms with E-state index in [1.165, 1.54) is 4.90 Å². The number of hydrogen-bond donors (Lipinski definition) is 0. The van der Waals surface area contributed by atoms with E-state index >= 15 is 0 Å². The van der Waals surface area contributed by atoms with Gasteiger partial charge in [-0.05, 0) is 17.5 Å². The fourth-order valence-electron chi connectivity index (χ4n) is 3.50. The second-order valence-corrected chi connectivity index (χ2v) is 6.41. The van der Waals surface area contributed by atoms with E-state index < -0.39 is 40.8 Å². The van der Waals surface area contributed by atoms with Gasteiger partial charge in [0.15, 0.2) is 23.3 Å². The summed E-state index contributed by atoms with van der Waals surface area (Å²) >= 11 is 0. The van der Waals surface area contributed by atoms with Crippen molar-refractivity contribution in [1.82, 2.24) is 0 Å². The lowest BCUT2D eigenvalue weighted by atomic mass is 10.0. The monoisotopic (exact) mass is 387 g/mol. The smallest absolute Gasteiger partial charge is 0.200 e. The Balaban J connectivity index is 1.94. The number of halogens is 5. The largest absolute Gasteiger partial charge is 0.328 e. The Kier molecular flexibility index (Phi) is 4.63. The first-order chi connectivity index (χ1) is 13.5. The van der Waals surface area contributed by atoms with Crippen LogP contribution in [0.5, 0.6) is 0 Å². The molecule has 4 rings (SSSR count). The molecule has 0 N–H and O–H groups in total. The summed E-state index contributed by atoms with van der Waals surface area (Å²) < 4.78 is 70.7. The molecule has 0 bridgehead atoms. The number of anilines is 1. The van der Waals surface area contributed by atoms with Gasteiger partial charge >= 0.3 is 0 Å². The number of nitrogens with zero attached hydrogens (tertiary/aromatic N) is 1. The highest BCUT2D eigenvalue weighted by Crippen LogP contribution is 2.45. The van der Waals surface area contributed by atoms with Gasteiger partial charge in [0.2, 0.25) is 5.82 Å². The minimum absolute atomic E-state index is 0.355. The molecule has 28 heavy (non-hydrogen) atoms. The zero-order valence-corrected chi connectivity index (χ0v) is 14.5. The lowest BCUT2D eigenvalue weighted by Gasteiger charge is -2.31. The molecule has 1 heterocycles. The normalized spacial score (nSPS) is 16.4. The van der Waals surface area contributed by atoms with E-state index in [1.54, 1.807) is 66.7 Å². The summed E-state index contributed by atoms with van der Waals surface area (Å²) in [7, 11) is 0. The van der Waals surface area contributed by atoms with Gasteiger partial charge < -0.3 is 4.90 Å². The molecule has 0 aromatic heterocycles. The van der Waals surface area contributed by atoms with E-state index in [4.69, 9.17) is 0 Å². The van der Waals surface area contributed by atoms with Crippen molar-refractivity contribution in [2.45, 2.75) is 12.5 Å². The van der Waals surface area contributed by atoms with Crippen LogP contribution in [-0.2, 0) is 0 Å². The molecule has 1 unspecified atom stereocenters. The summed E-state index contributed by atoms with van der Waals surface area (Å²) in [5.41, 5.74) is 0.758. The lowest BCUT2D eigenvalue weighted by molar-refractivity contribution is 0.378. The maximum absolute atomic E-state index is 14.6. The maximum Gasteiger partial charge on any atom is 0.200 e. The molecule has 0 spiro atoms. The third kappa shape index (κ3) is 2.85. The van der Waals surface area contributed by atoms with E-state index in [1.807, 2.05) is 0 Å². The molecule has 1 atom stereocenters. The van der Waals surface area contributed by atoms with Crippen LogP contribution in [0.25, 0.3) is 5.70 Å². The summed E-state index contributed by atoms with van der Waals surface area (Å²) in [5.74, 6) is -9.78. The zero-order valence-electron chi connectivity index (χ0n) is 14.5. The molecule has 1 nitrogen and oxygen atoms in total. The first-order valence-corrected chi connectivity index (χ1v) is 8.62. The van der Waals surface area contributed by atoms with Crippen LogP contribution in [0.2, 0.25) is 0 Å². The van der Waals surface area contributed by atoms with E-state index in [9.17, 15) is 22.0 Å². The number of rotatable bonds is 3. The van der Waals surface area contributed by atoms with E-state index in [0.717, 1.165) is 0 Å². The average Bonchev–Trinajstić information content (AvgIpc) is 3.17. The van der Waals surface area contributed by atoms with Gasteiger partial charge in [-0.25, -0.2) is 22.0 Å². The summed E-state index contributed by atoms with van der Waals surface area (Å²) in [4.78, 5) is 1.20. The van der Waals surface area contributed by atoms with Gasteiger partial charge in [-0.15, -0.1) is 0 Å². The van der Waals surface area contributed by atoms with Crippen molar-refractivity contribution in [3.05, 3.63) is 107 Å². The van der Waals surface area contributed by atoms with Crippen molar-refractivity contribution >= 4 is 11.4 Å². The van der Waals surface area contributed by atoms with Gasteiger partial charge in [-0.1, -0.05) is 66.7 Å². The minimum Gasteiger partial charge on any atom is -0.328 e. The Morgan fingerprint density at radius 1 is 0.643 bits per heavy atom. The van der Waals surface area contributed by atoms with Crippen molar-refractivity contribution in [2.75, 3.05) is 4.90 Å². The molecule has 0 aliphatic carbocycles. The molecule has 3 aromatic carbocycles. The zero-order chi connectivity index (χ0) is 19.8. The number of hydrogen-bond acceptors (Lipinski definition) is 1. The van der Waals surface area contributed by atoms with Crippen LogP contribution in [0.15, 0.2) is 66.7 Å². The lowest BCUT2D eigenvalue weighted by Crippen LogP contribution is -2.26.